The molecular weight excluding hydrogens is 236 g/mol. The number of esters is 1. The Kier molecular flexibility index (Phi) is 12.3. The molecule has 0 bridgehead atoms. The van der Waals surface area contributed by atoms with Crippen LogP contribution < -0.4 is 0 Å². The molecule has 108 valence electrons. The minimum Gasteiger partial charge on any atom is -0.463 e. The van der Waals surface area contributed by atoms with Crippen LogP contribution in [-0.4, -0.2) is 51.7 Å². The largest absolute Gasteiger partial charge is 0.463 e. The van der Waals surface area contributed by atoms with E-state index in [1.165, 1.54) is 6.92 Å². The van der Waals surface area contributed by atoms with E-state index in [2.05, 4.69) is 6.92 Å². The number of ether oxygens (including phenoxy) is 4. The predicted octanol–water partition coefficient (Wildman–Crippen LogP) is 1.79. The molecule has 0 aliphatic rings. The van der Waals surface area contributed by atoms with E-state index in [0.717, 1.165) is 19.4 Å². The van der Waals surface area contributed by atoms with Crippen LogP contribution in [0, 0.1) is 0 Å². The third-order valence-electron chi connectivity index (χ3n) is 2.05. The van der Waals surface area contributed by atoms with Gasteiger partial charge in [0.2, 0.25) is 0 Å². The zero-order chi connectivity index (χ0) is 13.6. The maximum Gasteiger partial charge on any atom is 0.302 e. The summed E-state index contributed by atoms with van der Waals surface area (Å²) in [7, 11) is 0. The van der Waals surface area contributed by atoms with Crippen molar-refractivity contribution in [3.63, 3.8) is 0 Å². The van der Waals surface area contributed by atoms with Gasteiger partial charge in [0.1, 0.15) is 12.7 Å². The molecule has 0 aromatic carbocycles. The lowest BCUT2D eigenvalue weighted by Crippen LogP contribution is -2.28. The van der Waals surface area contributed by atoms with Gasteiger partial charge in [-0.3, -0.25) is 4.79 Å². The van der Waals surface area contributed by atoms with E-state index in [4.69, 9.17) is 18.9 Å². The minimum atomic E-state index is -0.304. The normalized spacial score (nSPS) is 12.4. The van der Waals surface area contributed by atoms with E-state index in [0.29, 0.717) is 26.4 Å². The van der Waals surface area contributed by atoms with Gasteiger partial charge in [0.05, 0.1) is 19.8 Å². The van der Waals surface area contributed by atoms with E-state index in [9.17, 15) is 4.79 Å². The summed E-state index contributed by atoms with van der Waals surface area (Å²) in [5.74, 6) is -0.304. The van der Waals surface area contributed by atoms with Crippen LogP contribution in [0.1, 0.15) is 33.6 Å². The second kappa shape index (κ2) is 12.8. The second-order valence-corrected chi connectivity index (χ2v) is 3.98. The third-order valence-corrected chi connectivity index (χ3v) is 2.05. The number of rotatable bonds is 12. The summed E-state index contributed by atoms with van der Waals surface area (Å²) in [6.07, 6.45) is 1.74. The van der Waals surface area contributed by atoms with Crippen molar-refractivity contribution in [1.82, 2.24) is 0 Å². The Morgan fingerprint density at radius 2 is 1.61 bits per heavy atom. The van der Waals surface area contributed by atoms with Gasteiger partial charge in [-0.25, -0.2) is 0 Å². The lowest BCUT2D eigenvalue weighted by atomic mass is 10.4. The van der Waals surface area contributed by atoms with Crippen LogP contribution in [0.2, 0.25) is 0 Å². The third kappa shape index (κ3) is 11.8. The van der Waals surface area contributed by atoms with Crippen molar-refractivity contribution in [3.8, 4) is 0 Å². The van der Waals surface area contributed by atoms with Crippen molar-refractivity contribution < 1.29 is 23.7 Å². The Hall–Kier alpha value is -0.650. The van der Waals surface area contributed by atoms with Gasteiger partial charge >= 0.3 is 5.97 Å². The molecule has 0 N–H and O–H groups in total. The predicted molar refractivity (Wildman–Crippen MR) is 68.6 cm³/mol. The van der Waals surface area contributed by atoms with Gasteiger partial charge in [-0.2, -0.15) is 0 Å². The first-order valence-electron chi connectivity index (χ1n) is 6.61. The standard InChI is InChI=1S/C13H26O5/c1-4-6-15-8-9-17-13(10-16-7-5-2)11-18-12(3)14/h13H,4-11H2,1-3H3. The molecule has 18 heavy (non-hydrogen) atoms. The summed E-state index contributed by atoms with van der Waals surface area (Å²) < 4.78 is 21.2. The molecule has 1 unspecified atom stereocenters. The van der Waals surface area contributed by atoms with Gasteiger partial charge in [0, 0.05) is 20.1 Å². The minimum absolute atomic E-state index is 0.217. The van der Waals surface area contributed by atoms with Gasteiger partial charge < -0.3 is 18.9 Å². The molecule has 0 aromatic heterocycles. The quantitative estimate of drug-likeness (QED) is 0.396. The van der Waals surface area contributed by atoms with Gasteiger partial charge in [-0.1, -0.05) is 13.8 Å². The molecule has 0 aliphatic carbocycles. The average Bonchev–Trinajstić information content (AvgIpc) is 2.35. The van der Waals surface area contributed by atoms with Crippen LogP contribution in [0.25, 0.3) is 0 Å². The molecule has 0 amide bonds. The van der Waals surface area contributed by atoms with E-state index < -0.39 is 0 Å². The van der Waals surface area contributed by atoms with Gasteiger partial charge in [0.15, 0.2) is 0 Å². The topological polar surface area (TPSA) is 54.0 Å². The number of carbonyl (C=O) groups is 1. The van der Waals surface area contributed by atoms with Crippen molar-refractivity contribution in [2.45, 2.75) is 39.7 Å². The first-order valence-corrected chi connectivity index (χ1v) is 6.61. The molecule has 0 aliphatic heterocycles. The van der Waals surface area contributed by atoms with Crippen molar-refractivity contribution in [2.24, 2.45) is 0 Å². The van der Waals surface area contributed by atoms with E-state index in [1.807, 2.05) is 6.92 Å². The van der Waals surface area contributed by atoms with E-state index >= 15 is 0 Å². The lowest BCUT2D eigenvalue weighted by molar-refractivity contribution is -0.147. The van der Waals surface area contributed by atoms with Crippen LogP contribution in [0.3, 0.4) is 0 Å². The van der Waals surface area contributed by atoms with Crippen LogP contribution in [0.4, 0.5) is 0 Å². The Balaban J connectivity index is 3.70. The van der Waals surface area contributed by atoms with Crippen LogP contribution >= 0.6 is 0 Å². The average molecular weight is 262 g/mol. The Morgan fingerprint density at radius 1 is 0.944 bits per heavy atom. The monoisotopic (exact) mass is 262 g/mol. The molecule has 0 saturated carbocycles. The molecule has 0 radical (unpaired) electrons. The molecule has 1 atom stereocenters. The molecule has 0 spiro atoms. The molecule has 0 rings (SSSR count). The van der Waals surface area contributed by atoms with Crippen LogP contribution in [0.15, 0.2) is 0 Å². The number of hydrogen-bond acceptors (Lipinski definition) is 5. The summed E-state index contributed by atoms with van der Waals surface area (Å²) in [5.41, 5.74) is 0. The highest BCUT2D eigenvalue weighted by Crippen LogP contribution is 1.97. The highest BCUT2D eigenvalue weighted by molar-refractivity contribution is 5.65. The molecule has 0 fully saturated rings. The van der Waals surface area contributed by atoms with Gasteiger partial charge in [-0.15, -0.1) is 0 Å². The van der Waals surface area contributed by atoms with Gasteiger partial charge in [0.25, 0.3) is 0 Å². The zero-order valence-electron chi connectivity index (χ0n) is 11.8. The molecule has 5 heteroatoms. The fourth-order valence-corrected chi connectivity index (χ4v) is 1.23. The Morgan fingerprint density at radius 3 is 2.22 bits per heavy atom. The van der Waals surface area contributed by atoms with Crippen molar-refractivity contribution >= 4 is 5.97 Å². The van der Waals surface area contributed by atoms with Crippen LogP contribution in [-0.2, 0) is 23.7 Å². The molecule has 0 heterocycles. The highest BCUT2D eigenvalue weighted by atomic mass is 16.6. The first kappa shape index (κ1) is 17.4. The van der Waals surface area contributed by atoms with Crippen LogP contribution in [0.5, 0.6) is 0 Å². The maximum atomic E-state index is 10.8. The summed E-state index contributed by atoms with van der Waals surface area (Å²) in [4.78, 5) is 10.8. The fraction of sp³-hybridized carbons (Fsp3) is 0.923. The van der Waals surface area contributed by atoms with Crippen molar-refractivity contribution in [3.05, 3.63) is 0 Å². The molecular formula is C13H26O5. The summed E-state index contributed by atoms with van der Waals surface area (Å²) in [6, 6.07) is 0. The highest BCUT2D eigenvalue weighted by Gasteiger charge is 2.11. The summed E-state index contributed by atoms with van der Waals surface area (Å²) >= 11 is 0. The molecule has 5 nitrogen and oxygen atoms in total. The molecule has 0 saturated heterocycles. The lowest BCUT2D eigenvalue weighted by Gasteiger charge is -2.17. The summed E-state index contributed by atoms with van der Waals surface area (Å²) in [6.45, 7) is 8.62. The van der Waals surface area contributed by atoms with Crippen molar-refractivity contribution in [1.29, 1.82) is 0 Å². The Bertz CT molecular complexity index is 196. The number of hydrogen-bond donors (Lipinski definition) is 0. The van der Waals surface area contributed by atoms with E-state index in [-0.39, 0.29) is 18.7 Å². The number of carbonyl (C=O) groups excluding carboxylic acids is 1. The first-order chi connectivity index (χ1) is 8.70. The molecule has 0 aromatic rings. The fourth-order valence-electron chi connectivity index (χ4n) is 1.23. The zero-order valence-corrected chi connectivity index (χ0v) is 11.8. The maximum absolute atomic E-state index is 10.8. The van der Waals surface area contributed by atoms with Gasteiger partial charge in [-0.05, 0) is 12.8 Å². The van der Waals surface area contributed by atoms with E-state index in [1.54, 1.807) is 0 Å². The SMILES string of the molecule is CCCOCCOC(COCCC)COC(C)=O. The summed E-state index contributed by atoms with van der Waals surface area (Å²) in [5, 5.41) is 0. The Labute approximate surface area is 110 Å². The smallest absolute Gasteiger partial charge is 0.302 e. The van der Waals surface area contributed by atoms with Crippen molar-refractivity contribution in [2.75, 3.05) is 39.6 Å². The second-order valence-electron chi connectivity index (χ2n) is 3.98.